The van der Waals surface area contributed by atoms with Crippen molar-refractivity contribution in [2.75, 3.05) is 0 Å². The van der Waals surface area contributed by atoms with Gasteiger partial charge >= 0.3 is 0 Å². The maximum atomic E-state index is 5.77. The summed E-state index contributed by atoms with van der Waals surface area (Å²) in [6, 6.07) is 102. The summed E-state index contributed by atoms with van der Waals surface area (Å²) in [5.41, 5.74) is 31.2. The van der Waals surface area contributed by atoms with Crippen molar-refractivity contribution in [3.8, 4) is 101 Å². The van der Waals surface area contributed by atoms with Crippen LogP contribution in [0.2, 0.25) is 0 Å². The van der Waals surface area contributed by atoms with Gasteiger partial charge in [-0.2, -0.15) is 0 Å². The van der Waals surface area contributed by atoms with E-state index in [1.54, 1.807) is 0 Å². The third-order valence-electron chi connectivity index (χ3n) is 20.1. The third-order valence-corrected chi connectivity index (χ3v) is 20.1. The zero-order valence-corrected chi connectivity index (χ0v) is 50.3. The van der Waals surface area contributed by atoms with Crippen molar-refractivity contribution in [2.45, 2.75) is 50.4 Å². The van der Waals surface area contributed by atoms with E-state index in [4.69, 9.17) is 15.0 Å². The summed E-state index contributed by atoms with van der Waals surface area (Å²) in [5, 5.41) is 1.01. The van der Waals surface area contributed by atoms with E-state index in [0.717, 1.165) is 84.5 Å². The largest absolute Gasteiger partial charge is 0.248 e. The van der Waals surface area contributed by atoms with Crippen LogP contribution in [0.15, 0.2) is 291 Å². The second-order valence-corrected chi connectivity index (χ2v) is 25.9. The number of hydrogen-bond acceptors (Lipinski definition) is 3. The maximum Gasteiger partial charge on any atom is 0.160 e. The van der Waals surface area contributed by atoms with Gasteiger partial charge < -0.3 is 0 Å². The van der Waals surface area contributed by atoms with Crippen molar-refractivity contribution < 1.29 is 0 Å². The summed E-state index contributed by atoms with van der Waals surface area (Å²) in [6.07, 6.45) is 6.07. The molecule has 2 atom stereocenters. The van der Waals surface area contributed by atoms with Crippen LogP contribution in [-0.2, 0) is 16.2 Å². The number of allylic oxidation sites excluding steroid dienone is 4. The molecular formula is C86H63N3. The van der Waals surface area contributed by atoms with Crippen molar-refractivity contribution in [3.05, 3.63) is 330 Å². The van der Waals surface area contributed by atoms with Gasteiger partial charge in [-0.1, -0.05) is 283 Å². The van der Waals surface area contributed by atoms with Crippen LogP contribution in [0.3, 0.4) is 0 Å². The van der Waals surface area contributed by atoms with Gasteiger partial charge in [-0.3, -0.25) is 0 Å². The van der Waals surface area contributed by atoms with Gasteiger partial charge in [0.15, 0.2) is 5.82 Å². The van der Waals surface area contributed by atoms with Gasteiger partial charge in [-0.25, -0.2) is 15.0 Å². The fourth-order valence-electron chi connectivity index (χ4n) is 15.2. The molecule has 2 heterocycles. The number of benzene rings is 11. The summed E-state index contributed by atoms with van der Waals surface area (Å²) in [7, 11) is 0. The van der Waals surface area contributed by atoms with Crippen molar-refractivity contribution in [3.63, 3.8) is 0 Å². The second kappa shape index (κ2) is 20.2. The van der Waals surface area contributed by atoms with E-state index in [1.807, 2.05) is 0 Å². The molecule has 0 spiro atoms. The van der Waals surface area contributed by atoms with E-state index in [1.165, 1.54) is 77.9 Å². The molecule has 2 unspecified atom stereocenters. The Morgan fingerprint density at radius 3 is 1.40 bits per heavy atom. The molecule has 4 aliphatic carbocycles. The van der Waals surface area contributed by atoms with Crippen LogP contribution in [-0.4, -0.2) is 15.0 Å². The van der Waals surface area contributed by atoms with E-state index in [-0.39, 0.29) is 16.2 Å². The highest BCUT2D eigenvalue weighted by atomic mass is 14.9. The Morgan fingerprint density at radius 2 is 0.798 bits per heavy atom. The van der Waals surface area contributed by atoms with Crippen LogP contribution in [0, 0.1) is 5.92 Å². The number of pyridine rings is 1. The zero-order chi connectivity index (χ0) is 59.6. The Hall–Kier alpha value is -10.6. The topological polar surface area (TPSA) is 38.7 Å². The van der Waals surface area contributed by atoms with Gasteiger partial charge in [0.25, 0.3) is 0 Å². The molecule has 0 radical (unpaired) electrons. The smallest absolute Gasteiger partial charge is 0.160 e. The predicted molar refractivity (Wildman–Crippen MR) is 369 cm³/mol. The minimum Gasteiger partial charge on any atom is -0.248 e. The van der Waals surface area contributed by atoms with E-state index in [0.29, 0.717) is 11.7 Å². The van der Waals surface area contributed by atoms with Gasteiger partial charge in [0, 0.05) is 49.4 Å². The molecule has 0 bridgehead atoms. The molecule has 0 amide bonds. The average molecular weight is 1140 g/mol. The van der Waals surface area contributed by atoms with Crippen LogP contribution in [0.4, 0.5) is 0 Å². The highest BCUT2D eigenvalue weighted by molar-refractivity contribution is 6.05. The highest BCUT2D eigenvalue weighted by Gasteiger charge is 2.57. The molecule has 3 heteroatoms. The van der Waals surface area contributed by atoms with Crippen LogP contribution < -0.4 is 0 Å². The van der Waals surface area contributed by atoms with Gasteiger partial charge in [-0.05, 0) is 149 Å². The van der Waals surface area contributed by atoms with Gasteiger partial charge in [-0.15, -0.1) is 0 Å². The average Bonchev–Trinajstić information content (AvgIpc) is 1.57. The normalized spacial score (nSPS) is 17.0. The van der Waals surface area contributed by atoms with Crippen molar-refractivity contribution in [2.24, 2.45) is 5.92 Å². The summed E-state index contributed by atoms with van der Waals surface area (Å²) in [6.45, 7) is 9.48. The molecule has 0 aliphatic heterocycles. The Kier molecular flexibility index (Phi) is 12.0. The number of rotatable bonds is 10. The minimum absolute atomic E-state index is 0.0494. The lowest BCUT2D eigenvalue weighted by molar-refractivity contribution is 0.660. The molecule has 11 aromatic carbocycles. The van der Waals surface area contributed by atoms with E-state index >= 15 is 0 Å². The first kappa shape index (κ1) is 52.7. The summed E-state index contributed by atoms with van der Waals surface area (Å²) in [4.78, 5) is 16.7. The van der Waals surface area contributed by atoms with Crippen LogP contribution in [0.1, 0.15) is 73.1 Å². The van der Waals surface area contributed by atoms with Gasteiger partial charge in [0.05, 0.1) is 22.6 Å². The molecule has 422 valence electrons. The zero-order valence-electron chi connectivity index (χ0n) is 50.3. The minimum atomic E-state index is -0.199. The van der Waals surface area contributed by atoms with Gasteiger partial charge in [0.2, 0.25) is 0 Å². The molecule has 13 aromatic rings. The third kappa shape index (κ3) is 8.66. The molecule has 4 aliphatic rings. The quantitative estimate of drug-likeness (QED) is 0.137. The summed E-state index contributed by atoms with van der Waals surface area (Å²) < 4.78 is 0. The standard InChI is InChI=1S/C86H63N3/c1-84(2)74-31-19-17-29-67(74)69-43-41-61(48-76(69)84)63-45-72(62-42-44-70-68-30-18-20-32-75(68)85(3,4)77(70)49-62)82-73(46-63)81(59-37-35-56(36-38-59)71-47-65(54-21-9-5-10-22-54)52-86(53-78(71)86)66-27-15-8-16-28-66)88-83(89-82)60-39-33-55(34-40-60)64-50-79(57-23-11-6-12-24-57)87-80(51-64)58-25-13-7-14-26-58/h5-52,78H,53H2,1-4H3. The fraction of sp³-hybridized carbons (Fsp3) is 0.105. The van der Waals surface area contributed by atoms with Crippen LogP contribution in [0.25, 0.3) is 123 Å². The lowest BCUT2D eigenvalue weighted by Crippen LogP contribution is -2.15. The van der Waals surface area contributed by atoms with Crippen molar-refractivity contribution >= 4 is 22.0 Å². The van der Waals surface area contributed by atoms with E-state index in [2.05, 4.69) is 319 Å². The molecule has 1 saturated carbocycles. The molecule has 0 N–H and O–H groups in total. The first-order chi connectivity index (χ1) is 43.6. The van der Waals surface area contributed by atoms with E-state index in [9.17, 15) is 0 Å². The number of nitrogens with zero attached hydrogens (tertiary/aromatic N) is 3. The SMILES string of the molecule is CC1(C)c2ccccc2-c2ccc(-c3cc(-c4ccc5c(c4)C(C)(C)c4ccccc4-5)c4nc(-c5ccc(-c6cc(-c7ccccc7)nc(-c7ccccc7)c6)cc5)nc(-c5ccc(C6=CC(c7ccccc7)=CC7(c8ccccc8)CC67)cc5)c4c3)cc21. The molecule has 0 saturated heterocycles. The molecule has 1 fully saturated rings. The molecule has 2 aromatic heterocycles. The summed E-state index contributed by atoms with van der Waals surface area (Å²) >= 11 is 0. The van der Waals surface area contributed by atoms with Crippen LogP contribution in [0.5, 0.6) is 0 Å². The Balaban J connectivity index is 0.859. The number of fused-ring (bicyclic) bond motifs is 8. The summed E-state index contributed by atoms with van der Waals surface area (Å²) in [5.74, 6) is 1.05. The number of aromatic nitrogens is 3. The number of hydrogen-bond donors (Lipinski definition) is 0. The lowest BCUT2D eigenvalue weighted by Gasteiger charge is -2.23. The first-order valence-corrected chi connectivity index (χ1v) is 31.3. The Bertz CT molecular complexity index is 5000. The second-order valence-electron chi connectivity index (χ2n) is 25.9. The van der Waals surface area contributed by atoms with Crippen molar-refractivity contribution in [1.82, 2.24) is 15.0 Å². The molecule has 3 nitrogen and oxygen atoms in total. The Morgan fingerprint density at radius 1 is 0.326 bits per heavy atom. The molecule has 17 rings (SSSR count). The highest BCUT2D eigenvalue weighted by Crippen LogP contribution is 2.64. The Labute approximate surface area is 521 Å². The first-order valence-electron chi connectivity index (χ1n) is 31.3. The monoisotopic (exact) mass is 1140 g/mol. The fourth-order valence-corrected chi connectivity index (χ4v) is 15.2. The van der Waals surface area contributed by atoms with Gasteiger partial charge in [0.1, 0.15) is 0 Å². The molecular weight excluding hydrogens is 1070 g/mol. The lowest BCUT2D eigenvalue weighted by atomic mass is 9.80. The van der Waals surface area contributed by atoms with Crippen molar-refractivity contribution in [1.29, 1.82) is 0 Å². The van der Waals surface area contributed by atoms with E-state index < -0.39 is 0 Å². The van der Waals surface area contributed by atoms with Crippen LogP contribution >= 0.6 is 0 Å². The molecule has 89 heavy (non-hydrogen) atoms. The predicted octanol–water partition coefficient (Wildman–Crippen LogP) is 21.7. The maximum absolute atomic E-state index is 5.77.